The molecule has 1 amide bonds. The molecule has 1 heterocycles. The first-order valence-electron chi connectivity index (χ1n) is 5.53. The lowest BCUT2D eigenvalue weighted by Crippen LogP contribution is -2.24. The van der Waals surface area contributed by atoms with Crippen LogP contribution in [0.5, 0.6) is 5.75 Å². The molecule has 0 aliphatic carbocycles. The fraction of sp³-hybridized carbons (Fsp3) is 0.417. The molecule has 17 heavy (non-hydrogen) atoms. The molecule has 1 aromatic carbocycles. The van der Waals surface area contributed by atoms with Crippen LogP contribution in [0.15, 0.2) is 24.3 Å². The Hall–Kier alpha value is -1.59. The minimum absolute atomic E-state index is 0.454. The van der Waals surface area contributed by atoms with Crippen molar-refractivity contribution in [3.63, 3.8) is 0 Å². The van der Waals surface area contributed by atoms with Gasteiger partial charge in [0.05, 0.1) is 18.8 Å². The van der Waals surface area contributed by atoms with Crippen molar-refractivity contribution in [2.75, 3.05) is 20.3 Å². The zero-order valence-corrected chi connectivity index (χ0v) is 9.64. The van der Waals surface area contributed by atoms with Crippen LogP contribution in [-0.4, -0.2) is 26.4 Å². The zero-order chi connectivity index (χ0) is 12.1. The van der Waals surface area contributed by atoms with Gasteiger partial charge >= 0.3 is 6.09 Å². The summed E-state index contributed by atoms with van der Waals surface area (Å²) in [6.45, 7) is 1.30. The Morgan fingerprint density at radius 3 is 2.76 bits per heavy atom. The summed E-state index contributed by atoms with van der Waals surface area (Å²) >= 11 is 0. The van der Waals surface area contributed by atoms with Crippen LogP contribution in [0.4, 0.5) is 4.79 Å². The fourth-order valence-electron chi connectivity index (χ4n) is 1.59. The number of amides is 1. The molecule has 0 atom stereocenters. The third-order valence-corrected chi connectivity index (χ3v) is 2.41. The van der Waals surface area contributed by atoms with Gasteiger partial charge in [-0.25, -0.2) is 4.79 Å². The molecule has 0 aromatic heterocycles. The van der Waals surface area contributed by atoms with Crippen LogP contribution in [0.1, 0.15) is 18.3 Å². The van der Waals surface area contributed by atoms with E-state index in [1.165, 1.54) is 7.05 Å². The second kappa shape index (κ2) is 5.65. The highest BCUT2D eigenvalue weighted by Crippen LogP contribution is 2.30. The number of nitrogens with one attached hydrogen (secondary N) is 1. The largest absolute Gasteiger partial charge is 0.412 e. The van der Waals surface area contributed by atoms with Gasteiger partial charge < -0.3 is 19.5 Å². The summed E-state index contributed by atoms with van der Waals surface area (Å²) in [4.78, 5) is 11.2. The van der Waals surface area contributed by atoms with Gasteiger partial charge in [-0.2, -0.15) is 0 Å². The summed E-state index contributed by atoms with van der Waals surface area (Å²) in [6, 6.07) is 7.19. The summed E-state index contributed by atoms with van der Waals surface area (Å²) in [5.41, 5.74) is 0.732. The Labute approximate surface area is 99.7 Å². The van der Waals surface area contributed by atoms with E-state index in [0.717, 1.165) is 12.0 Å². The molecule has 1 saturated heterocycles. The predicted molar refractivity (Wildman–Crippen MR) is 60.8 cm³/mol. The van der Waals surface area contributed by atoms with E-state index < -0.39 is 12.4 Å². The SMILES string of the molecule is CNC(=O)Oc1ccccc1C1OCCCO1. The summed E-state index contributed by atoms with van der Waals surface area (Å²) in [5.74, 6) is 0.457. The molecule has 92 valence electrons. The lowest BCUT2D eigenvalue weighted by Gasteiger charge is -2.24. The van der Waals surface area contributed by atoms with Gasteiger partial charge in [-0.05, 0) is 12.5 Å². The Morgan fingerprint density at radius 2 is 2.06 bits per heavy atom. The second-order valence-electron chi connectivity index (χ2n) is 3.60. The molecule has 1 fully saturated rings. The summed E-state index contributed by atoms with van der Waals surface area (Å²) in [6.07, 6.45) is -0.0764. The number of hydrogen-bond acceptors (Lipinski definition) is 4. The van der Waals surface area contributed by atoms with Crippen molar-refractivity contribution in [3.05, 3.63) is 29.8 Å². The Balaban J connectivity index is 2.17. The smallest absolute Gasteiger partial charge is 0.410 e. The first-order chi connectivity index (χ1) is 8.31. The normalized spacial score (nSPS) is 16.5. The summed E-state index contributed by atoms with van der Waals surface area (Å²) in [5, 5.41) is 2.40. The molecule has 0 saturated carbocycles. The van der Waals surface area contributed by atoms with Crippen LogP contribution in [0.25, 0.3) is 0 Å². The standard InChI is InChI=1S/C12H15NO4/c1-13-12(14)17-10-6-3-2-5-9(10)11-15-7-4-8-16-11/h2-3,5-6,11H,4,7-8H2,1H3,(H,13,14). The molecule has 5 nitrogen and oxygen atoms in total. The van der Waals surface area contributed by atoms with Gasteiger partial charge in [0.2, 0.25) is 0 Å². The van der Waals surface area contributed by atoms with Crippen molar-refractivity contribution < 1.29 is 19.0 Å². The number of para-hydroxylation sites is 1. The van der Waals surface area contributed by atoms with Crippen molar-refractivity contribution in [2.24, 2.45) is 0 Å². The highest BCUT2D eigenvalue weighted by atomic mass is 16.7. The number of ether oxygens (including phenoxy) is 3. The van der Waals surface area contributed by atoms with E-state index in [-0.39, 0.29) is 0 Å². The fourth-order valence-corrected chi connectivity index (χ4v) is 1.59. The van der Waals surface area contributed by atoms with E-state index in [4.69, 9.17) is 14.2 Å². The van der Waals surface area contributed by atoms with E-state index in [9.17, 15) is 4.79 Å². The van der Waals surface area contributed by atoms with Crippen LogP contribution in [0.3, 0.4) is 0 Å². The third-order valence-electron chi connectivity index (χ3n) is 2.41. The lowest BCUT2D eigenvalue weighted by atomic mass is 10.2. The first-order valence-corrected chi connectivity index (χ1v) is 5.53. The maximum absolute atomic E-state index is 11.2. The van der Waals surface area contributed by atoms with Gasteiger partial charge in [0.15, 0.2) is 6.29 Å². The molecular weight excluding hydrogens is 222 g/mol. The number of carbonyl (C=O) groups is 1. The molecule has 1 N–H and O–H groups in total. The minimum Gasteiger partial charge on any atom is -0.410 e. The highest BCUT2D eigenvalue weighted by molar-refractivity contribution is 5.70. The quantitative estimate of drug-likeness (QED) is 0.852. The topological polar surface area (TPSA) is 56.8 Å². The van der Waals surface area contributed by atoms with Gasteiger partial charge in [-0.3, -0.25) is 0 Å². The van der Waals surface area contributed by atoms with Gasteiger partial charge in [0.25, 0.3) is 0 Å². The predicted octanol–water partition coefficient (Wildman–Crippen LogP) is 1.84. The number of hydrogen-bond donors (Lipinski definition) is 1. The van der Waals surface area contributed by atoms with Crippen molar-refractivity contribution in [3.8, 4) is 5.75 Å². The number of carbonyl (C=O) groups excluding carboxylic acids is 1. The average Bonchev–Trinajstić information content (AvgIpc) is 2.40. The van der Waals surface area contributed by atoms with E-state index in [0.29, 0.717) is 19.0 Å². The molecule has 0 spiro atoms. The molecule has 1 aliphatic heterocycles. The van der Waals surface area contributed by atoms with Crippen LogP contribution in [0, 0.1) is 0 Å². The Bertz CT molecular complexity index is 388. The van der Waals surface area contributed by atoms with Gasteiger partial charge in [-0.15, -0.1) is 0 Å². The molecule has 1 aromatic rings. The van der Waals surface area contributed by atoms with Crippen LogP contribution >= 0.6 is 0 Å². The van der Waals surface area contributed by atoms with Gasteiger partial charge in [-0.1, -0.05) is 18.2 Å². The van der Waals surface area contributed by atoms with Crippen molar-refractivity contribution in [1.29, 1.82) is 0 Å². The lowest BCUT2D eigenvalue weighted by molar-refractivity contribution is -0.183. The zero-order valence-electron chi connectivity index (χ0n) is 9.64. The number of benzene rings is 1. The van der Waals surface area contributed by atoms with E-state index in [2.05, 4.69) is 5.32 Å². The first kappa shape index (κ1) is 11.9. The van der Waals surface area contributed by atoms with Crippen LogP contribution in [-0.2, 0) is 9.47 Å². The number of rotatable bonds is 2. The molecular formula is C12H15NO4. The second-order valence-corrected chi connectivity index (χ2v) is 3.60. The molecule has 0 unspecified atom stereocenters. The summed E-state index contributed by atoms with van der Waals surface area (Å²) < 4.78 is 16.1. The Kier molecular flexibility index (Phi) is 3.95. The molecule has 2 rings (SSSR count). The van der Waals surface area contributed by atoms with Crippen molar-refractivity contribution in [1.82, 2.24) is 5.32 Å². The molecule has 0 radical (unpaired) electrons. The Morgan fingerprint density at radius 1 is 1.35 bits per heavy atom. The van der Waals surface area contributed by atoms with E-state index in [1.54, 1.807) is 12.1 Å². The van der Waals surface area contributed by atoms with Crippen LogP contribution < -0.4 is 10.1 Å². The van der Waals surface area contributed by atoms with E-state index >= 15 is 0 Å². The van der Waals surface area contributed by atoms with Crippen LogP contribution in [0.2, 0.25) is 0 Å². The maximum Gasteiger partial charge on any atom is 0.412 e. The minimum atomic E-state index is -0.506. The monoisotopic (exact) mass is 237 g/mol. The van der Waals surface area contributed by atoms with E-state index in [1.807, 2.05) is 12.1 Å². The molecule has 5 heteroatoms. The average molecular weight is 237 g/mol. The summed E-state index contributed by atoms with van der Waals surface area (Å²) in [7, 11) is 1.51. The third kappa shape index (κ3) is 2.95. The van der Waals surface area contributed by atoms with Gasteiger partial charge in [0.1, 0.15) is 5.75 Å². The van der Waals surface area contributed by atoms with Crippen molar-refractivity contribution in [2.45, 2.75) is 12.7 Å². The molecule has 0 bridgehead atoms. The molecule has 1 aliphatic rings. The highest BCUT2D eigenvalue weighted by Gasteiger charge is 2.21. The van der Waals surface area contributed by atoms with Gasteiger partial charge in [0, 0.05) is 7.05 Å². The van der Waals surface area contributed by atoms with Crippen molar-refractivity contribution >= 4 is 6.09 Å². The maximum atomic E-state index is 11.2.